The van der Waals surface area contributed by atoms with Crippen molar-refractivity contribution in [2.45, 2.75) is 26.3 Å². The molecule has 0 amide bonds. The molecule has 0 radical (unpaired) electrons. The van der Waals surface area contributed by atoms with E-state index in [-0.39, 0.29) is 0 Å². The lowest BCUT2D eigenvalue weighted by atomic mass is 10.0. The number of aliphatic hydroxyl groups is 1. The highest BCUT2D eigenvalue weighted by atomic mass is 16.2. The van der Waals surface area contributed by atoms with Crippen molar-refractivity contribution in [3.63, 3.8) is 0 Å². The largest absolute Gasteiger partial charge is 0.516 e. The van der Waals surface area contributed by atoms with Gasteiger partial charge in [-0.3, -0.25) is 0 Å². The third kappa shape index (κ3) is 2.89. The highest BCUT2D eigenvalue weighted by molar-refractivity contribution is 5.25. The molecule has 0 aromatic heterocycles. The maximum Gasteiger partial charge on any atom is 0.0786 e. The van der Waals surface area contributed by atoms with Crippen LogP contribution in [-0.2, 0) is 13.0 Å². The van der Waals surface area contributed by atoms with Gasteiger partial charge in [-0.2, -0.15) is 0 Å². The van der Waals surface area contributed by atoms with Crippen molar-refractivity contribution in [2.75, 3.05) is 0 Å². The summed E-state index contributed by atoms with van der Waals surface area (Å²) in [6.45, 7) is 2.62. The molecule has 3 N–H and O–H groups in total. The molecule has 0 saturated carbocycles. The van der Waals surface area contributed by atoms with Gasteiger partial charge in [0.2, 0.25) is 0 Å². The van der Waals surface area contributed by atoms with Gasteiger partial charge in [-0.1, -0.05) is 31.2 Å². The van der Waals surface area contributed by atoms with Crippen LogP contribution in [0.25, 0.3) is 0 Å². The first-order valence-electron chi connectivity index (χ1n) is 4.90. The van der Waals surface area contributed by atoms with Gasteiger partial charge < -0.3 is 10.8 Å². The first-order valence-corrected chi connectivity index (χ1v) is 4.90. The topological polar surface area (TPSA) is 46.2 Å². The predicted octanol–water partition coefficient (Wildman–Crippen LogP) is 2.54. The Hall–Kier alpha value is -1.28. The minimum atomic E-state index is 0.580. The van der Waals surface area contributed by atoms with Crippen LogP contribution in [0.5, 0.6) is 0 Å². The SMILES string of the molecule is CC/C(=C\O)Cc1ccc(CN)cc1. The number of rotatable bonds is 4. The van der Waals surface area contributed by atoms with Gasteiger partial charge in [0.25, 0.3) is 0 Å². The zero-order valence-corrected chi connectivity index (χ0v) is 8.53. The quantitative estimate of drug-likeness (QED) is 0.718. The van der Waals surface area contributed by atoms with E-state index in [1.54, 1.807) is 0 Å². The smallest absolute Gasteiger partial charge is 0.0786 e. The molecule has 1 rings (SSSR count). The fourth-order valence-electron chi connectivity index (χ4n) is 1.32. The van der Waals surface area contributed by atoms with E-state index in [1.807, 2.05) is 19.1 Å². The zero-order valence-electron chi connectivity index (χ0n) is 8.53. The second-order valence-electron chi connectivity index (χ2n) is 3.34. The molecular weight excluding hydrogens is 174 g/mol. The lowest BCUT2D eigenvalue weighted by Gasteiger charge is -2.04. The van der Waals surface area contributed by atoms with Gasteiger partial charge in [-0.15, -0.1) is 0 Å². The van der Waals surface area contributed by atoms with Crippen LogP contribution in [0.2, 0.25) is 0 Å². The van der Waals surface area contributed by atoms with Crippen molar-refractivity contribution >= 4 is 0 Å². The van der Waals surface area contributed by atoms with Crippen LogP contribution >= 0.6 is 0 Å². The van der Waals surface area contributed by atoms with E-state index in [9.17, 15) is 0 Å². The second-order valence-corrected chi connectivity index (χ2v) is 3.34. The fourth-order valence-corrected chi connectivity index (χ4v) is 1.32. The van der Waals surface area contributed by atoms with Crippen molar-refractivity contribution < 1.29 is 5.11 Å². The minimum absolute atomic E-state index is 0.580. The summed E-state index contributed by atoms with van der Waals surface area (Å²) < 4.78 is 0. The third-order valence-electron chi connectivity index (χ3n) is 2.33. The molecule has 14 heavy (non-hydrogen) atoms. The van der Waals surface area contributed by atoms with Crippen molar-refractivity contribution in [3.05, 3.63) is 47.2 Å². The first kappa shape index (κ1) is 10.8. The summed E-state index contributed by atoms with van der Waals surface area (Å²) in [4.78, 5) is 0. The highest BCUT2D eigenvalue weighted by Gasteiger charge is 1.97. The van der Waals surface area contributed by atoms with Crippen molar-refractivity contribution in [3.8, 4) is 0 Å². The molecule has 0 aliphatic heterocycles. The molecule has 1 aromatic rings. The summed E-state index contributed by atoms with van der Waals surface area (Å²) in [5.74, 6) is 0. The van der Waals surface area contributed by atoms with E-state index in [4.69, 9.17) is 10.8 Å². The number of hydrogen-bond donors (Lipinski definition) is 2. The molecule has 0 atom stereocenters. The summed E-state index contributed by atoms with van der Waals surface area (Å²) in [6.07, 6.45) is 2.91. The van der Waals surface area contributed by atoms with Crippen LogP contribution in [0.3, 0.4) is 0 Å². The lowest BCUT2D eigenvalue weighted by Crippen LogP contribution is -1.96. The van der Waals surface area contributed by atoms with Crippen LogP contribution in [0.1, 0.15) is 24.5 Å². The Bertz CT molecular complexity index is 301. The molecule has 0 fully saturated rings. The maximum atomic E-state index is 8.91. The van der Waals surface area contributed by atoms with Crippen molar-refractivity contribution in [1.82, 2.24) is 0 Å². The maximum absolute atomic E-state index is 8.91. The Labute approximate surface area is 85.1 Å². The van der Waals surface area contributed by atoms with Gasteiger partial charge >= 0.3 is 0 Å². The number of hydrogen-bond acceptors (Lipinski definition) is 2. The number of allylic oxidation sites excluding steroid dienone is 1. The number of aliphatic hydroxyl groups excluding tert-OH is 1. The minimum Gasteiger partial charge on any atom is -0.516 e. The summed E-state index contributed by atoms with van der Waals surface area (Å²) >= 11 is 0. The van der Waals surface area contributed by atoms with Crippen LogP contribution in [-0.4, -0.2) is 5.11 Å². The molecule has 1 aromatic carbocycles. The standard InChI is InChI=1S/C12H17NO/c1-2-10(9-14)7-11-3-5-12(8-13)6-4-11/h3-6,9,14H,2,7-8,13H2,1H3/b10-9+. The molecule has 2 heteroatoms. The third-order valence-corrected chi connectivity index (χ3v) is 2.33. The molecule has 0 spiro atoms. The Kier molecular flexibility index (Phi) is 4.20. The summed E-state index contributed by atoms with van der Waals surface area (Å²) in [7, 11) is 0. The van der Waals surface area contributed by atoms with Gasteiger partial charge in [0.15, 0.2) is 0 Å². The van der Waals surface area contributed by atoms with E-state index in [1.165, 1.54) is 11.8 Å². The average molecular weight is 191 g/mol. The monoisotopic (exact) mass is 191 g/mol. The molecule has 0 unspecified atom stereocenters. The molecule has 0 aliphatic carbocycles. The molecule has 0 saturated heterocycles. The molecule has 0 bridgehead atoms. The second kappa shape index (κ2) is 5.45. The molecule has 0 aliphatic rings. The van der Waals surface area contributed by atoms with Gasteiger partial charge in [0, 0.05) is 6.54 Å². The van der Waals surface area contributed by atoms with Gasteiger partial charge in [0.05, 0.1) is 6.26 Å². The molecule has 76 valence electrons. The van der Waals surface area contributed by atoms with E-state index < -0.39 is 0 Å². The number of benzene rings is 1. The van der Waals surface area contributed by atoms with Crippen LogP contribution in [0.15, 0.2) is 36.1 Å². The fraction of sp³-hybridized carbons (Fsp3) is 0.333. The predicted molar refractivity (Wildman–Crippen MR) is 59.0 cm³/mol. The van der Waals surface area contributed by atoms with Crippen LogP contribution in [0, 0.1) is 0 Å². The number of nitrogens with two attached hydrogens (primary N) is 1. The zero-order chi connectivity index (χ0) is 10.4. The van der Waals surface area contributed by atoms with E-state index in [2.05, 4.69) is 12.1 Å². The molecule has 2 nitrogen and oxygen atoms in total. The average Bonchev–Trinajstić information content (AvgIpc) is 2.26. The molecule has 0 heterocycles. The summed E-state index contributed by atoms with van der Waals surface area (Å²) in [6, 6.07) is 8.17. The Morgan fingerprint density at radius 1 is 1.29 bits per heavy atom. The molecular formula is C12H17NO. The normalized spacial score (nSPS) is 11.7. The summed E-state index contributed by atoms with van der Waals surface area (Å²) in [5.41, 5.74) is 8.90. The van der Waals surface area contributed by atoms with Crippen LogP contribution in [0.4, 0.5) is 0 Å². The lowest BCUT2D eigenvalue weighted by molar-refractivity contribution is 0.463. The van der Waals surface area contributed by atoms with E-state index >= 15 is 0 Å². The van der Waals surface area contributed by atoms with Crippen molar-refractivity contribution in [1.29, 1.82) is 0 Å². The van der Waals surface area contributed by atoms with Crippen LogP contribution < -0.4 is 5.73 Å². The van der Waals surface area contributed by atoms with Gasteiger partial charge in [0.1, 0.15) is 0 Å². The van der Waals surface area contributed by atoms with Crippen molar-refractivity contribution in [2.24, 2.45) is 5.73 Å². The Morgan fingerprint density at radius 2 is 1.86 bits per heavy atom. The van der Waals surface area contributed by atoms with E-state index in [0.29, 0.717) is 6.54 Å². The Balaban J connectivity index is 2.68. The summed E-state index contributed by atoms with van der Waals surface area (Å²) in [5, 5.41) is 8.91. The Morgan fingerprint density at radius 3 is 2.29 bits per heavy atom. The van der Waals surface area contributed by atoms with Gasteiger partial charge in [-0.05, 0) is 29.5 Å². The van der Waals surface area contributed by atoms with E-state index in [0.717, 1.165) is 24.0 Å². The highest BCUT2D eigenvalue weighted by Crippen LogP contribution is 2.11. The van der Waals surface area contributed by atoms with Gasteiger partial charge in [-0.25, -0.2) is 0 Å². The first-order chi connectivity index (χ1) is 6.80.